The van der Waals surface area contributed by atoms with Crippen molar-refractivity contribution in [2.45, 2.75) is 19.3 Å². The Morgan fingerprint density at radius 3 is 2.91 bits per heavy atom. The summed E-state index contributed by atoms with van der Waals surface area (Å²) >= 11 is 6.17. The van der Waals surface area contributed by atoms with E-state index in [-0.39, 0.29) is 12.5 Å². The fourth-order valence-corrected chi connectivity index (χ4v) is 3.31. The van der Waals surface area contributed by atoms with Crippen molar-refractivity contribution in [3.05, 3.63) is 47.2 Å². The van der Waals surface area contributed by atoms with Gasteiger partial charge in [0.1, 0.15) is 5.76 Å². The lowest BCUT2D eigenvalue weighted by atomic mass is 9.95. The molecule has 0 bridgehead atoms. The Labute approximate surface area is 140 Å². The molecular formula is C18H20ClNO3. The van der Waals surface area contributed by atoms with Crippen molar-refractivity contribution in [1.29, 1.82) is 0 Å². The Hall–Kier alpha value is -1.78. The fourth-order valence-electron chi connectivity index (χ4n) is 3.08. The topological polar surface area (TPSA) is 53.7 Å². The maximum atomic E-state index is 12.6. The number of aliphatic hydroxyl groups excluding tert-OH is 1. The second kappa shape index (κ2) is 7.20. The average Bonchev–Trinajstić information content (AvgIpc) is 3.05. The molecule has 0 aliphatic carbocycles. The molecule has 0 saturated carbocycles. The molecule has 1 fully saturated rings. The van der Waals surface area contributed by atoms with Crippen molar-refractivity contribution in [3.8, 4) is 11.3 Å². The van der Waals surface area contributed by atoms with Crippen LogP contribution in [0.25, 0.3) is 11.3 Å². The molecule has 1 aromatic heterocycles. The van der Waals surface area contributed by atoms with Gasteiger partial charge in [-0.3, -0.25) is 4.79 Å². The Morgan fingerprint density at radius 1 is 1.30 bits per heavy atom. The molecule has 1 atom stereocenters. The largest absolute Gasteiger partial charge is 0.451 e. The smallest absolute Gasteiger partial charge is 0.289 e. The minimum absolute atomic E-state index is 0.0917. The maximum Gasteiger partial charge on any atom is 0.289 e. The van der Waals surface area contributed by atoms with Crippen LogP contribution in [0.15, 0.2) is 40.8 Å². The first-order valence-corrected chi connectivity index (χ1v) is 8.31. The number of rotatable bonds is 4. The minimum Gasteiger partial charge on any atom is -0.451 e. The first-order chi connectivity index (χ1) is 11.2. The Bertz CT molecular complexity index is 680. The van der Waals surface area contributed by atoms with Gasteiger partial charge in [0.25, 0.3) is 5.91 Å². The van der Waals surface area contributed by atoms with E-state index in [2.05, 4.69) is 0 Å². The third-order valence-corrected chi connectivity index (χ3v) is 4.63. The highest BCUT2D eigenvalue weighted by Gasteiger charge is 2.26. The van der Waals surface area contributed by atoms with Gasteiger partial charge in [-0.05, 0) is 49.4 Å². The van der Waals surface area contributed by atoms with E-state index in [9.17, 15) is 4.79 Å². The molecule has 122 valence electrons. The van der Waals surface area contributed by atoms with Gasteiger partial charge in [-0.2, -0.15) is 0 Å². The van der Waals surface area contributed by atoms with E-state index >= 15 is 0 Å². The number of hydrogen-bond donors (Lipinski definition) is 1. The predicted octanol–water partition coefficient (Wildman–Crippen LogP) is 3.83. The van der Waals surface area contributed by atoms with E-state index in [1.807, 2.05) is 23.1 Å². The van der Waals surface area contributed by atoms with Crippen LogP contribution in [0.2, 0.25) is 5.02 Å². The lowest BCUT2D eigenvalue weighted by molar-refractivity contribution is 0.0623. The number of carbonyl (C=O) groups excluding carboxylic acids is 1. The molecule has 0 radical (unpaired) electrons. The monoisotopic (exact) mass is 333 g/mol. The number of aliphatic hydroxyl groups is 1. The van der Waals surface area contributed by atoms with Gasteiger partial charge in [0.15, 0.2) is 5.76 Å². The van der Waals surface area contributed by atoms with Crippen molar-refractivity contribution in [2.24, 2.45) is 5.92 Å². The predicted molar refractivity (Wildman–Crippen MR) is 89.5 cm³/mol. The van der Waals surface area contributed by atoms with Gasteiger partial charge < -0.3 is 14.4 Å². The van der Waals surface area contributed by atoms with E-state index in [1.165, 1.54) is 0 Å². The summed E-state index contributed by atoms with van der Waals surface area (Å²) in [7, 11) is 0. The molecule has 1 aliphatic heterocycles. The van der Waals surface area contributed by atoms with Crippen LogP contribution in [-0.4, -0.2) is 35.6 Å². The molecule has 2 aromatic rings. The van der Waals surface area contributed by atoms with E-state index in [0.29, 0.717) is 29.0 Å². The molecule has 3 rings (SSSR count). The van der Waals surface area contributed by atoms with Crippen LogP contribution in [0, 0.1) is 5.92 Å². The van der Waals surface area contributed by atoms with Gasteiger partial charge in [-0.1, -0.05) is 23.7 Å². The number of halogens is 1. The zero-order valence-electron chi connectivity index (χ0n) is 12.9. The number of amides is 1. The Balaban J connectivity index is 1.75. The van der Waals surface area contributed by atoms with Crippen LogP contribution in [0.5, 0.6) is 0 Å². The molecule has 23 heavy (non-hydrogen) atoms. The quantitative estimate of drug-likeness (QED) is 0.925. The Morgan fingerprint density at radius 2 is 2.13 bits per heavy atom. The van der Waals surface area contributed by atoms with E-state index in [4.69, 9.17) is 21.1 Å². The molecular weight excluding hydrogens is 314 g/mol. The van der Waals surface area contributed by atoms with Crippen LogP contribution in [0.3, 0.4) is 0 Å². The summed E-state index contributed by atoms with van der Waals surface area (Å²) in [5, 5.41) is 9.68. The lowest BCUT2D eigenvalue weighted by Gasteiger charge is -2.31. The highest BCUT2D eigenvalue weighted by molar-refractivity contribution is 6.33. The van der Waals surface area contributed by atoms with Gasteiger partial charge in [-0.15, -0.1) is 0 Å². The van der Waals surface area contributed by atoms with Crippen molar-refractivity contribution in [3.63, 3.8) is 0 Å². The summed E-state index contributed by atoms with van der Waals surface area (Å²) in [5.74, 6) is 1.22. The second-order valence-corrected chi connectivity index (χ2v) is 6.32. The SMILES string of the molecule is O=C(c1ccc(-c2ccccc2Cl)o1)N1CCCC(CCO)C1. The van der Waals surface area contributed by atoms with E-state index in [0.717, 1.165) is 31.4 Å². The summed E-state index contributed by atoms with van der Waals surface area (Å²) in [5.41, 5.74) is 0.782. The number of piperidine rings is 1. The van der Waals surface area contributed by atoms with Crippen LogP contribution >= 0.6 is 11.6 Å². The number of likely N-dealkylation sites (tertiary alicyclic amines) is 1. The fraction of sp³-hybridized carbons (Fsp3) is 0.389. The zero-order chi connectivity index (χ0) is 16.2. The van der Waals surface area contributed by atoms with Crippen molar-refractivity contribution >= 4 is 17.5 Å². The number of furan rings is 1. The summed E-state index contributed by atoms with van der Waals surface area (Å²) < 4.78 is 5.74. The van der Waals surface area contributed by atoms with Gasteiger partial charge in [0.2, 0.25) is 0 Å². The average molecular weight is 334 g/mol. The van der Waals surface area contributed by atoms with Crippen LogP contribution in [0.1, 0.15) is 29.8 Å². The third-order valence-electron chi connectivity index (χ3n) is 4.30. The van der Waals surface area contributed by atoms with Crippen LogP contribution in [0.4, 0.5) is 0 Å². The number of nitrogens with zero attached hydrogens (tertiary/aromatic N) is 1. The summed E-state index contributed by atoms with van der Waals surface area (Å²) in [6, 6.07) is 10.9. The van der Waals surface area contributed by atoms with Crippen molar-refractivity contribution < 1.29 is 14.3 Å². The molecule has 1 saturated heterocycles. The van der Waals surface area contributed by atoms with Crippen molar-refractivity contribution in [1.82, 2.24) is 4.90 Å². The molecule has 2 heterocycles. The lowest BCUT2D eigenvalue weighted by Crippen LogP contribution is -2.40. The normalized spacial score (nSPS) is 18.2. The molecule has 1 aliphatic rings. The van der Waals surface area contributed by atoms with Gasteiger partial charge >= 0.3 is 0 Å². The molecule has 1 N–H and O–H groups in total. The highest BCUT2D eigenvalue weighted by Crippen LogP contribution is 2.30. The minimum atomic E-state index is -0.0917. The molecule has 0 spiro atoms. The Kier molecular flexibility index (Phi) is 5.03. The first-order valence-electron chi connectivity index (χ1n) is 7.94. The first kappa shape index (κ1) is 16.1. The molecule has 1 amide bonds. The van der Waals surface area contributed by atoms with Crippen LogP contribution < -0.4 is 0 Å². The number of carbonyl (C=O) groups is 1. The second-order valence-electron chi connectivity index (χ2n) is 5.92. The molecule has 4 nitrogen and oxygen atoms in total. The maximum absolute atomic E-state index is 12.6. The summed E-state index contributed by atoms with van der Waals surface area (Å²) in [6.07, 6.45) is 2.77. The summed E-state index contributed by atoms with van der Waals surface area (Å²) in [4.78, 5) is 14.4. The van der Waals surface area contributed by atoms with E-state index < -0.39 is 0 Å². The highest BCUT2D eigenvalue weighted by atomic mass is 35.5. The molecule has 1 aromatic carbocycles. The van der Waals surface area contributed by atoms with Crippen LogP contribution in [-0.2, 0) is 0 Å². The molecule has 5 heteroatoms. The van der Waals surface area contributed by atoms with Crippen molar-refractivity contribution in [2.75, 3.05) is 19.7 Å². The number of benzene rings is 1. The third kappa shape index (κ3) is 3.59. The van der Waals surface area contributed by atoms with Gasteiger partial charge in [-0.25, -0.2) is 0 Å². The van der Waals surface area contributed by atoms with Gasteiger partial charge in [0, 0.05) is 25.3 Å². The number of hydrogen-bond acceptors (Lipinski definition) is 3. The van der Waals surface area contributed by atoms with E-state index in [1.54, 1.807) is 18.2 Å². The standard InChI is InChI=1S/C18H20ClNO3/c19-15-6-2-1-5-14(15)16-7-8-17(23-16)18(22)20-10-3-4-13(12-20)9-11-21/h1-2,5-8,13,21H,3-4,9-12H2. The van der Waals surface area contributed by atoms with Gasteiger partial charge in [0.05, 0.1) is 5.02 Å². The summed E-state index contributed by atoms with van der Waals surface area (Å²) in [6.45, 7) is 1.59. The molecule has 1 unspecified atom stereocenters. The zero-order valence-corrected chi connectivity index (χ0v) is 13.6.